The van der Waals surface area contributed by atoms with E-state index in [1.54, 1.807) is 0 Å². The number of halogens is 3. The van der Waals surface area contributed by atoms with E-state index in [1.165, 1.54) is 23.4 Å². The lowest BCUT2D eigenvalue weighted by Crippen LogP contribution is -2.39. The van der Waals surface area contributed by atoms with Crippen LogP contribution < -0.4 is 4.74 Å². The minimum atomic E-state index is -4.80. The Labute approximate surface area is 178 Å². The molecule has 0 saturated carbocycles. The van der Waals surface area contributed by atoms with Crippen LogP contribution >= 0.6 is 0 Å². The van der Waals surface area contributed by atoms with Gasteiger partial charge in [-0.05, 0) is 24.3 Å². The maximum atomic E-state index is 12.7. The molecule has 10 nitrogen and oxygen atoms in total. The Kier molecular flexibility index (Phi) is 5.55. The SMILES string of the molecule is O=C(O)CCC(=O)N1Cc2[nH]cnc2CC1c1nc(-c2ccc(OC(F)(F)F)cc2)no1. The molecule has 0 fully saturated rings. The summed E-state index contributed by atoms with van der Waals surface area (Å²) < 4.78 is 46.2. The zero-order valence-corrected chi connectivity index (χ0v) is 16.3. The Balaban J connectivity index is 1.56. The number of fused-ring (bicyclic) bond motifs is 1. The van der Waals surface area contributed by atoms with Crippen LogP contribution in [-0.2, 0) is 22.6 Å². The normalized spacial score (nSPS) is 16.0. The number of hydrogen-bond acceptors (Lipinski definition) is 7. The van der Waals surface area contributed by atoms with Crippen molar-refractivity contribution in [1.29, 1.82) is 0 Å². The number of nitrogens with one attached hydrogen (secondary N) is 1. The number of imidazole rings is 1. The molecule has 32 heavy (non-hydrogen) atoms. The number of alkyl halides is 3. The van der Waals surface area contributed by atoms with Crippen molar-refractivity contribution in [3.05, 3.63) is 47.9 Å². The van der Waals surface area contributed by atoms with Crippen molar-refractivity contribution in [2.24, 2.45) is 0 Å². The first-order valence-electron chi connectivity index (χ1n) is 9.42. The van der Waals surface area contributed by atoms with Crippen LogP contribution in [0, 0.1) is 0 Å². The molecule has 0 saturated heterocycles. The molecule has 1 atom stereocenters. The first-order chi connectivity index (χ1) is 15.2. The first-order valence-corrected chi connectivity index (χ1v) is 9.42. The van der Waals surface area contributed by atoms with E-state index in [2.05, 4.69) is 24.8 Å². The maximum absolute atomic E-state index is 12.7. The minimum Gasteiger partial charge on any atom is -0.481 e. The Morgan fingerprint density at radius 1 is 1.25 bits per heavy atom. The van der Waals surface area contributed by atoms with Crippen LogP contribution in [0.1, 0.15) is 36.2 Å². The van der Waals surface area contributed by atoms with E-state index >= 15 is 0 Å². The standard InChI is InChI=1S/C19H16F3N5O5/c20-19(21,22)31-11-3-1-10(2-4-11)17-25-18(32-26-17)14-7-12-13(24-9-23-12)8-27(14)15(28)5-6-16(29)30/h1-4,9,14H,5-8H2,(H,23,24)(H,29,30). The lowest BCUT2D eigenvalue weighted by molar-refractivity contribution is -0.274. The summed E-state index contributed by atoms with van der Waals surface area (Å²) in [5.41, 5.74) is 1.82. The molecule has 1 unspecified atom stereocenters. The molecular weight excluding hydrogens is 435 g/mol. The van der Waals surface area contributed by atoms with Gasteiger partial charge in [0, 0.05) is 18.4 Å². The van der Waals surface area contributed by atoms with Gasteiger partial charge in [0.2, 0.25) is 17.6 Å². The fourth-order valence-electron chi connectivity index (χ4n) is 3.37. The van der Waals surface area contributed by atoms with Crippen LogP contribution in [0.3, 0.4) is 0 Å². The summed E-state index contributed by atoms with van der Waals surface area (Å²) in [5, 5.41) is 12.7. The zero-order valence-electron chi connectivity index (χ0n) is 16.3. The molecule has 168 valence electrons. The van der Waals surface area contributed by atoms with E-state index in [0.29, 0.717) is 11.3 Å². The highest BCUT2D eigenvalue weighted by Gasteiger charge is 2.36. The van der Waals surface area contributed by atoms with Gasteiger partial charge in [-0.1, -0.05) is 5.16 Å². The molecule has 0 bridgehead atoms. The monoisotopic (exact) mass is 451 g/mol. The van der Waals surface area contributed by atoms with Gasteiger partial charge in [0.25, 0.3) is 0 Å². The van der Waals surface area contributed by atoms with Gasteiger partial charge in [-0.15, -0.1) is 13.2 Å². The van der Waals surface area contributed by atoms with E-state index in [4.69, 9.17) is 9.63 Å². The molecule has 1 aromatic carbocycles. The lowest BCUT2D eigenvalue weighted by atomic mass is 10.0. The van der Waals surface area contributed by atoms with E-state index in [9.17, 15) is 22.8 Å². The molecule has 3 heterocycles. The average molecular weight is 451 g/mol. The lowest BCUT2D eigenvalue weighted by Gasteiger charge is -2.32. The van der Waals surface area contributed by atoms with Crippen molar-refractivity contribution in [2.45, 2.75) is 38.2 Å². The highest BCUT2D eigenvalue weighted by Crippen LogP contribution is 2.33. The number of carboxylic acid groups (broad SMARTS) is 1. The van der Waals surface area contributed by atoms with Crippen LogP contribution in [0.2, 0.25) is 0 Å². The number of carbonyl (C=O) groups excluding carboxylic acids is 1. The van der Waals surface area contributed by atoms with Gasteiger partial charge in [0.05, 0.1) is 30.7 Å². The summed E-state index contributed by atoms with van der Waals surface area (Å²) in [5.74, 6) is -1.66. The molecule has 0 radical (unpaired) electrons. The largest absolute Gasteiger partial charge is 0.573 e. The summed E-state index contributed by atoms with van der Waals surface area (Å²) in [7, 11) is 0. The van der Waals surface area contributed by atoms with Crippen LogP contribution in [-0.4, -0.2) is 48.4 Å². The number of carboxylic acids is 1. The fraction of sp³-hybridized carbons (Fsp3) is 0.316. The second-order valence-electron chi connectivity index (χ2n) is 6.99. The van der Waals surface area contributed by atoms with Gasteiger partial charge in [-0.25, -0.2) is 4.98 Å². The van der Waals surface area contributed by atoms with Gasteiger partial charge in [-0.2, -0.15) is 4.98 Å². The Hall–Kier alpha value is -3.90. The topological polar surface area (TPSA) is 134 Å². The van der Waals surface area contributed by atoms with E-state index in [0.717, 1.165) is 17.8 Å². The Morgan fingerprint density at radius 3 is 2.69 bits per heavy atom. The number of H-pyrrole nitrogens is 1. The molecule has 1 aliphatic heterocycles. The number of aliphatic carboxylic acids is 1. The van der Waals surface area contributed by atoms with Crippen LogP contribution in [0.25, 0.3) is 11.4 Å². The number of aromatic amines is 1. The highest BCUT2D eigenvalue weighted by atomic mass is 19.4. The molecular formula is C19H16F3N5O5. The van der Waals surface area contributed by atoms with Crippen molar-refractivity contribution < 1.29 is 37.1 Å². The van der Waals surface area contributed by atoms with Crippen molar-refractivity contribution >= 4 is 11.9 Å². The number of nitrogens with zero attached hydrogens (tertiary/aromatic N) is 4. The second-order valence-corrected chi connectivity index (χ2v) is 6.99. The summed E-state index contributed by atoms with van der Waals surface area (Å²) in [6, 6.07) is 4.27. The van der Waals surface area contributed by atoms with Crippen molar-refractivity contribution in [3.8, 4) is 17.1 Å². The first kappa shape index (κ1) is 21.3. The molecule has 1 aliphatic rings. The number of benzene rings is 1. The van der Waals surface area contributed by atoms with Gasteiger partial charge < -0.3 is 24.3 Å². The van der Waals surface area contributed by atoms with E-state index < -0.39 is 30.0 Å². The molecule has 3 aromatic rings. The predicted octanol–water partition coefficient (Wildman–Crippen LogP) is 2.85. The molecule has 2 N–H and O–H groups in total. The van der Waals surface area contributed by atoms with Crippen molar-refractivity contribution in [2.75, 3.05) is 0 Å². The number of amides is 1. The van der Waals surface area contributed by atoms with Gasteiger partial charge in [0.1, 0.15) is 11.8 Å². The summed E-state index contributed by atoms with van der Waals surface area (Å²) >= 11 is 0. The van der Waals surface area contributed by atoms with Crippen LogP contribution in [0.4, 0.5) is 13.2 Å². The zero-order chi connectivity index (χ0) is 22.9. The van der Waals surface area contributed by atoms with Gasteiger partial charge >= 0.3 is 12.3 Å². The quantitative estimate of drug-likeness (QED) is 0.584. The predicted molar refractivity (Wildman–Crippen MR) is 98.9 cm³/mol. The summed E-state index contributed by atoms with van der Waals surface area (Å²) in [4.78, 5) is 36.5. The third-order valence-corrected chi connectivity index (χ3v) is 4.84. The number of rotatable bonds is 6. The van der Waals surface area contributed by atoms with Crippen LogP contribution in [0.15, 0.2) is 35.1 Å². The molecule has 4 rings (SSSR count). The van der Waals surface area contributed by atoms with Gasteiger partial charge in [0.15, 0.2) is 0 Å². The van der Waals surface area contributed by atoms with Crippen molar-refractivity contribution in [1.82, 2.24) is 25.0 Å². The minimum absolute atomic E-state index is 0.105. The summed E-state index contributed by atoms with van der Waals surface area (Å²) in [6.07, 6.45) is -3.55. The number of ether oxygens (including phenoxy) is 1. The molecule has 13 heteroatoms. The van der Waals surface area contributed by atoms with E-state index in [1.807, 2.05) is 0 Å². The molecule has 2 aromatic heterocycles. The van der Waals surface area contributed by atoms with Gasteiger partial charge in [-0.3, -0.25) is 9.59 Å². The smallest absolute Gasteiger partial charge is 0.481 e. The Bertz CT molecular complexity index is 1130. The number of aromatic nitrogens is 4. The third kappa shape index (κ3) is 4.71. The number of carbonyl (C=O) groups is 2. The molecule has 0 spiro atoms. The third-order valence-electron chi connectivity index (χ3n) is 4.84. The maximum Gasteiger partial charge on any atom is 0.573 e. The molecule has 0 aliphatic carbocycles. The Morgan fingerprint density at radius 2 is 2.00 bits per heavy atom. The number of hydrogen-bond donors (Lipinski definition) is 2. The molecule has 1 amide bonds. The fourth-order valence-corrected chi connectivity index (χ4v) is 3.37. The second kappa shape index (κ2) is 8.32. The van der Waals surface area contributed by atoms with E-state index in [-0.39, 0.29) is 37.5 Å². The highest BCUT2D eigenvalue weighted by molar-refractivity contribution is 5.81. The summed E-state index contributed by atoms with van der Waals surface area (Å²) in [6.45, 7) is 0.166. The van der Waals surface area contributed by atoms with Crippen LogP contribution in [0.5, 0.6) is 5.75 Å². The average Bonchev–Trinajstić information content (AvgIpc) is 3.39. The van der Waals surface area contributed by atoms with Crippen molar-refractivity contribution in [3.63, 3.8) is 0 Å².